The van der Waals surface area contributed by atoms with Crippen LogP contribution in [0.5, 0.6) is 0 Å². The quantitative estimate of drug-likeness (QED) is 0.401. The number of halogens is 3. The third-order valence-corrected chi connectivity index (χ3v) is 6.60. The van der Waals surface area contributed by atoms with Gasteiger partial charge in [0.2, 0.25) is 0 Å². The molecule has 9 nitrogen and oxygen atoms in total. The third-order valence-electron chi connectivity index (χ3n) is 4.38. The SMILES string of the molecule is CSCC1S[C@H]2O[C@H](COC(C)=O)[C@@H](OC(C)=O)[C@H](OC(C)=O)[C@H]2N1C(=O)C(F)(F)F. The first-order valence-electron chi connectivity index (χ1n) is 9.04. The van der Waals surface area contributed by atoms with E-state index in [2.05, 4.69) is 0 Å². The first kappa shape index (κ1) is 25.6. The van der Waals surface area contributed by atoms with Gasteiger partial charge in [-0.2, -0.15) is 24.9 Å². The predicted molar refractivity (Wildman–Crippen MR) is 103 cm³/mol. The predicted octanol–water partition coefficient (Wildman–Crippen LogP) is 1.33. The van der Waals surface area contributed by atoms with Crippen molar-refractivity contribution in [1.29, 1.82) is 0 Å². The van der Waals surface area contributed by atoms with Crippen LogP contribution in [-0.4, -0.2) is 88.7 Å². The van der Waals surface area contributed by atoms with Gasteiger partial charge >= 0.3 is 30.0 Å². The largest absolute Gasteiger partial charge is 0.471 e. The highest BCUT2D eigenvalue weighted by Crippen LogP contribution is 2.46. The Labute approximate surface area is 184 Å². The van der Waals surface area contributed by atoms with Gasteiger partial charge in [-0.05, 0) is 6.26 Å². The van der Waals surface area contributed by atoms with Gasteiger partial charge in [0.25, 0.3) is 0 Å². The second-order valence-corrected chi connectivity index (χ2v) is 8.93. The number of nitrogens with zero attached hydrogens (tertiary/aromatic N) is 1. The maximum atomic E-state index is 13.4. The van der Waals surface area contributed by atoms with E-state index in [0.29, 0.717) is 4.90 Å². The number of esters is 3. The summed E-state index contributed by atoms with van der Waals surface area (Å²) in [6, 6.07) is -1.38. The average molecular weight is 489 g/mol. The molecule has 2 aliphatic rings. The van der Waals surface area contributed by atoms with Crippen LogP contribution in [0.15, 0.2) is 0 Å². The fraction of sp³-hybridized carbons (Fsp3) is 0.765. The van der Waals surface area contributed by atoms with Crippen LogP contribution < -0.4 is 0 Å². The molecule has 1 amide bonds. The molecule has 2 rings (SSSR count). The molecule has 0 saturated carbocycles. The van der Waals surface area contributed by atoms with Gasteiger partial charge in [0.1, 0.15) is 24.2 Å². The van der Waals surface area contributed by atoms with Crippen molar-refractivity contribution < 1.29 is 51.3 Å². The van der Waals surface area contributed by atoms with Gasteiger partial charge in [-0.3, -0.25) is 19.2 Å². The molecule has 2 saturated heterocycles. The molecule has 0 N–H and O–H groups in total. The Bertz CT molecular complexity index is 722. The summed E-state index contributed by atoms with van der Waals surface area (Å²) < 4.78 is 61.3. The minimum Gasteiger partial charge on any atom is -0.463 e. The number of amides is 1. The zero-order valence-corrected chi connectivity index (χ0v) is 18.7. The minimum absolute atomic E-state index is 0.141. The standard InChI is InChI=1S/C17H22F3NO8S2/c1-7(22)26-5-10-13(27-8(2)23)14(28-9(3)24)12-15(29-10)31-11(6-30-4)21(12)16(25)17(18,19)20/h10-15H,5-6H2,1-4H3/t10-,11?,12-,13-,14-,15-/m1/s1. The van der Waals surface area contributed by atoms with Crippen molar-refractivity contribution in [3.63, 3.8) is 0 Å². The Morgan fingerprint density at radius 3 is 2.10 bits per heavy atom. The second kappa shape index (κ2) is 10.3. The molecule has 0 aromatic heterocycles. The molecule has 2 fully saturated rings. The maximum absolute atomic E-state index is 13.4. The van der Waals surface area contributed by atoms with E-state index in [0.717, 1.165) is 32.5 Å². The highest BCUT2D eigenvalue weighted by atomic mass is 32.2. The molecule has 14 heteroatoms. The molecule has 2 aliphatic heterocycles. The molecule has 0 radical (unpaired) electrons. The van der Waals surface area contributed by atoms with Gasteiger partial charge in [-0.1, -0.05) is 0 Å². The number of hydrogen-bond acceptors (Lipinski definition) is 10. The van der Waals surface area contributed by atoms with E-state index in [1.165, 1.54) is 11.8 Å². The Kier molecular flexibility index (Phi) is 8.50. The van der Waals surface area contributed by atoms with Crippen molar-refractivity contribution in [2.75, 3.05) is 18.6 Å². The highest BCUT2D eigenvalue weighted by molar-refractivity contribution is 8.03. The van der Waals surface area contributed by atoms with Crippen LogP contribution >= 0.6 is 23.5 Å². The zero-order valence-electron chi connectivity index (χ0n) is 17.0. The molecule has 2 heterocycles. The molecule has 176 valence electrons. The van der Waals surface area contributed by atoms with Crippen LogP contribution in [0.1, 0.15) is 20.8 Å². The van der Waals surface area contributed by atoms with E-state index in [1.54, 1.807) is 6.26 Å². The third kappa shape index (κ3) is 6.19. The summed E-state index contributed by atoms with van der Waals surface area (Å²) in [5.41, 5.74) is -1.04. The zero-order chi connectivity index (χ0) is 23.5. The first-order valence-corrected chi connectivity index (χ1v) is 11.4. The van der Waals surface area contributed by atoms with Crippen LogP contribution in [0.2, 0.25) is 0 Å². The lowest BCUT2D eigenvalue weighted by Gasteiger charge is -2.44. The minimum atomic E-state index is -5.18. The summed E-state index contributed by atoms with van der Waals surface area (Å²) in [6.07, 6.45) is -7.51. The van der Waals surface area contributed by atoms with Crippen LogP contribution in [0.4, 0.5) is 13.2 Å². The van der Waals surface area contributed by atoms with E-state index in [4.69, 9.17) is 18.9 Å². The Balaban J connectivity index is 2.50. The van der Waals surface area contributed by atoms with E-state index in [1.807, 2.05) is 0 Å². The second-order valence-electron chi connectivity index (χ2n) is 6.74. The monoisotopic (exact) mass is 489 g/mol. The van der Waals surface area contributed by atoms with Crippen molar-refractivity contribution in [3.05, 3.63) is 0 Å². The van der Waals surface area contributed by atoms with Gasteiger partial charge in [-0.15, -0.1) is 11.8 Å². The van der Waals surface area contributed by atoms with Gasteiger partial charge in [0.05, 0.1) is 5.37 Å². The average Bonchev–Trinajstić information content (AvgIpc) is 2.97. The Morgan fingerprint density at radius 2 is 1.61 bits per heavy atom. The number of fused-ring (bicyclic) bond motifs is 1. The smallest absolute Gasteiger partial charge is 0.463 e. The van der Waals surface area contributed by atoms with Crippen LogP contribution in [0, 0.1) is 0 Å². The van der Waals surface area contributed by atoms with E-state index in [9.17, 15) is 32.3 Å². The molecule has 0 aromatic carbocycles. The molecular formula is C17H22F3NO8S2. The highest BCUT2D eigenvalue weighted by Gasteiger charge is 2.62. The normalized spacial score (nSPS) is 30.4. The Morgan fingerprint density at radius 1 is 1.03 bits per heavy atom. The van der Waals surface area contributed by atoms with Crippen LogP contribution in [0.25, 0.3) is 0 Å². The number of ether oxygens (including phenoxy) is 4. The number of carbonyl (C=O) groups is 4. The molecule has 0 bridgehead atoms. The van der Waals surface area contributed by atoms with Crippen molar-refractivity contribution in [1.82, 2.24) is 4.90 Å². The van der Waals surface area contributed by atoms with Crippen molar-refractivity contribution >= 4 is 47.3 Å². The Hall–Kier alpha value is -1.67. The lowest BCUT2D eigenvalue weighted by molar-refractivity contribution is -0.227. The van der Waals surface area contributed by atoms with Crippen LogP contribution in [0.3, 0.4) is 0 Å². The van der Waals surface area contributed by atoms with E-state index >= 15 is 0 Å². The number of alkyl halides is 3. The number of thioether (sulfide) groups is 2. The lowest BCUT2D eigenvalue weighted by atomic mass is 9.96. The maximum Gasteiger partial charge on any atom is 0.471 e. The molecule has 0 aliphatic carbocycles. The fourth-order valence-electron chi connectivity index (χ4n) is 3.38. The fourth-order valence-corrected chi connectivity index (χ4v) is 5.88. The molecule has 0 spiro atoms. The molecule has 6 atom stereocenters. The van der Waals surface area contributed by atoms with Crippen molar-refractivity contribution in [2.24, 2.45) is 0 Å². The molecule has 31 heavy (non-hydrogen) atoms. The summed E-state index contributed by atoms with van der Waals surface area (Å²) in [7, 11) is 0. The number of carbonyl (C=O) groups excluding carboxylic acids is 4. The number of rotatable bonds is 6. The summed E-state index contributed by atoms with van der Waals surface area (Å²) in [5, 5.41) is -0.942. The number of hydrogen-bond donors (Lipinski definition) is 0. The van der Waals surface area contributed by atoms with Crippen LogP contribution in [-0.2, 0) is 38.1 Å². The van der Waals surface area contributed by atoms with E-state index in [-0.39, 0.29) is 5.75 Å². The van der Waals surface area contributed by atoms with E-state index < -0.39 is 71.8 Å². The molecule has 1 unspecified atom stereocenters. The lowest BCUT2D eigenvalue weighted by Crippen LogP contribution is -2.65. The summed E-state index contributed by atoms with van der Waals surface area (Å²) in [5.74, 6) is -4.32. The first-order chi connectivity index (χ1) is 14.4. The van der Waals surface area contributed by atoms with Gasteiger partial charge in [0.15, 0.2) is 12.2 Å². The molecular weight excluding hydrogens is 467 g/mol. The summed E-state index contributed by atoms with van der Waals surface area (Å²) in [4.78, 5) is 47.5. The molecule has 0 aromatic rings. The van der Waals surface area contributed by atoms with Gasteiger partial charge in [0, 0.05) is 26.5 Å². The summed E-state index contributed by atoms with van der Waals surface area (Å²) >= 11 is 2.17. The topological polar surface area (TPSA) is 108 Å². The van der Waals surface area contributed by atoms with Gasteiger partial charge < -0.3 is 23.8 Å². The summed E-state index contributed by atoms with van der Waals surface area (Å²) in [6.45, 7) is 2.83. The van der Waals surface area contributed by atoms with Crippen molar-refractivity contribution in [2.45, 2.75) is 62.1 Å². The van der Waals surface area contributed by atoms with Gasteiger partial charge in [-0.25, -0.2) is 0 Å². The van der Waals surface area contributed by atoms with Crippen molar-refractivity contribution in [3.8, 4) is 0 Å².